The molecule has 3 nitrogen and oxygen atoms in total. The third-order valence-electron chi connectivity index (χ3n) is 4.50. The molecular weight excluding hydrogens is 284 g/mol. The zero-order valence-corrected chi connectivity index (χ0v) is 13.7. The molecule has 3 rings (SSSR count). The van der Waals surface area contributed by atoms with E-state index in [-0.39, 0.29) is 6.03 Å². The van der Waals surface area contributed by atoms with Crippen molar-refractivity contribution in [3.63, 3.8) is 0 Å². The first-order valence-corrected chi connectivity index (χ1v) is 8.40. The van der Waals surface area contributed by atoms with Gasteiger partial charge in [0.2, 0.25) is 0 Å². The molecule has 120 valence electrons. The predicted octanol–water partition coefficient (Wildman–Crippen LogP) is 4.12. The molecule has 0 bridgehead atoms. The van der Waals surface area contributed by atoms with Gasteiger partial charge in [-0.25, -0.2) is 4.79 Å². The molecule has 0 unspecified atom stereocenters. The molecule has 0 fully saturated rings. The van der Waals surface area contributed by atoms with Gasteiger partial charge < -0.3 is 4.90 Å². The number of anilines is 1. The zero-order chi connectivity index (χ0) is 16.1. The fourth-order valence-electron chi connectivity index (χ4n) is 3.16. The fourth-order valence-corrected chi connectivity index (χ4v) is 3.16. The molecule has 0 aromatic heterocycles. The number of hydrogen-bond donors (Lipinski definition) is 0. The number of fused-ring (bicyclic) bond motifs is 1. The lowest BCUT2D eigenvalue weighted by molar-refractivity contribution is 0.215. The normalized spacial score (nSPS) is 13.0. The molecule has 3 heteroatoms. The smallest absolute Gasteiger partial charge is 0.324 e. The molecule has 23 heavy (non-hydrogen) atoms. The van der Waals surface area contributed by atoms with Crippen LogP contribution in [-0.2, 0) is 12.8 Å². The molecule has 0 atom stereocenters. The Morgan fingerprint density at radius 3 is 2.61 bits per heavy atom. The first-order valence-electron chi connectivity index (χ1n) is 8.40. The van der Waals surface area contributed by atoms with E-state index in [2.05, 4.69) is 30.3 Å². The van der Waals surface area contributed by atoms with Crippen molar-refractivity contribution in [1.82, 2.24) is 4.90 Å². The van der Waals surface area contributed by atoms with Gasteiger partial charge in [0.05, 0.1) is 0 Å². The minimum Gasteiger partial charge on any atom is -0.327 e. The average Bonchev–Trinajstić information content (AvgIpc) is 3.03. The van der Waals surface area contributed by atoms with Crippen molar-refractivity contribution < 1.29 is 4.79 Å². The summed E-state index contributed by atoms with van der Waals surface area (Å²) in [5, 5.41) is 0. The summed E-state index contributed by atoms with van der Waals surface area (Å²) in [7, 11) is 1.91. The van der Waals surface area contributed by atoms with Crippen LogP contribution in [0.4, 0.5) is 10.5 Å². The number of amides is 2. The van der Waals surface area contributed by atoms with Crippen LogP contribution in [0.1, 0.15) is 24.0 Å². The Labute approximate surface area is 138 Å². The molecule has 1 heterocycles. The second kappa shape index (κ2) is 7.32. The summed E-state index contributed by atoms with van der Waals surface area (Å²) in [6.07, 6.45) is 4.18. The van der Waals surface area contributed by atoms with E-state index in [9.17, 15) is 4.79 Å². The van der Waals surface area contributed by atoms with Crippen LogP contribution in [0, 0.1) is 0 Å². The van der Waals surface area contributed by atoms with E-state index in [1.807, 2.05) is 41.1 Å². The molecule has 0 radical (unpaired) electrons. The van der Waals surface area contributed by atoms with Gasteiger partial charge >= 0.3 is 6.03 Å². The van der Waals surface area contributed by atoms with Crippen LogP contribution < -0.4 is 4.90 Å². The molecule has 0 aliphatic carbocycles. The monoisotopic (exact) mass is 308 g/mol. The summed E-state index contributed by atoms with van der Waals surface area (Å²) in [6, 6.07) is 18.9. The predicted molar refractivity (Wildman–Crippen MR) is 94.9 cm³/mol. The van der Waals surface area contributed by atoms with Crippen LogP contribution in [0.5, 0.6) is 0 Å². The van der Waals surface area contributed by atoms with Crippen molar-refractivity contribution in [3.05, 3.63) is 65.7 Å². The highest BCUT2D eigenvalue weighted by Gasteiger charge is 2.26. The topological polar surface area (TPSA) is 23.6 Å². The van der Waals surface area contributed by atoms with E-state index in [0.29, 0.717) is 0 Å². The van der Waals surface area contributed by atoms with Gasteiger partial charge in [-0.1, -0.05) is 48.5 Å². The largest absolute Gasteiger partial charge is 0.327 e. The van der Waals surface area contributed by atoms with E-state index in [4.69, 9.17) is 0 Å². The van der Waals surface area contributed by atoms with Gasteiger partial charge in [0.25, 0.3) is 0 Å². The average molecular weight is 308 g/mol. The second-order valence-electron chi connectivity index (χ2n) is 6.18. The maximum Gasteiger partial charge on any atom is 0.324 e. The van der Waals surface area contributed by atoms with Gasteiger partial charge in [-0.3, -0.25) is 4.90 Å². The van der Waals surface area contributed by atoms with Gasteiger partial charge in [-0.2, -0.15) is 0 Å². The maximum absolute atomic E-state index is 12.6. The minimum atomic E-state index is 0.120. The van der Waals surface area contributed by atoms with Crippen molar-refractivity contribution in [2.75, 3.05) is 25.0 Å². The highest BCUT2D eigenvalue weighted by molar-refractivity contribution is 5.94. The Bertz CT molecular complexity index is 654. The fraction of sp³-hybridized carbons (Fsp3) is 0.350. The molecule has 0 saturated heterocycles. The Kier molecular flexibility index (Phi) is 4.96. The Morgan fingerprint density at radius 2 is 1.78 bits per heavy atom. The summed E-state index contributed by atoms with van der Waals surface area (Å²) in [6.45, 7) is 1.61. The summed E-state index contributed by atoms with van der Waals surface area (Å²) in [5.74, 6) is 0. The number of carbonyl (C=O) groups is 1. The van der Waals surface area contributed by atoms with Crippen LogP contribution >= 0.6 is 0 Å². The number of rotatable bonds is 5. The van der Waals surface area contributed by atoms with Gasteiger partial charge in [-0.15, -0.1) is 0 Å². The van der Waals surface area contributed by atoms with E-state index < -0.39 is 0 Å². The van der Waals surface area contributed by atoms with Crippen LogP contribution in [0.3, 0.4) is 0 Å². The van der Waals surface area contributed by atoms with Crippen LogP contribution in [0.25, 0.3) is 0 Å². The number of nitrogens with zero attached hydrogens (tertiary/aromatic N) is 2. The van der Waals surface area contributed by atoms with Crippen molar-refractivity contribution in [2.24, 2.45) is 0 Å². The number of unbranched alkanes of at least 4 members (excludes halogenated alkanes) is 1. The van der Waals surface area contributed by atoms with Gasteiger partial charge in [0.15, 0.2) is 0 Å². The SMILES string of the molecule is CN(CCCCc1ccccc1)C(=O)N1CCc2ccccc21. The molecule has 2 amide bonds. The number of carbonyl (C=O) groups excluding carboxylic acids is 1. The van der Waals surface area contributed by atoms with E-state index in [0.717, 1.165) is 44.5 Å². The third kappa shape index (κ3) is 3.73. The standard InChI is InChI=1S/C20H24N2O/c1-21(15-8-7-11-17-9-3-2-4-10-17)20(23)22-16-14-18-12-5-6-13-19(18)22/h2-6,9-10,12-13H,7-8,11,14-16H2,1H3. The third-order valence-corrected chi connectivity index (χ3v) is 4.50. The van der Waals surface area contributed by atoms with Crippen molar-refractivity contribution >= 4 is 11.7 Å². The van der Waals surface area contributed by atoms with E-state index in [1.165, 1.54) is 11.1 Å². The van der Waals surface area contributed by atoms with E-state index in [1.54, 1.807) is 0 Å². The van der Waals surface area contributed by atoms with Crippen LogP contribution in [0.15, 0.2) is 54.6 Å². The minimum absolute atomic E-state index is 0.120. The zero-order valence-electron chi connectivity index (χ0n) is 13.7. The molecule has 1 aliphatic heterocycles. The lowest BCUT2D eigenvalue weighted by atomic mass is 10.1. The van der Waals surface area contributed by atoms with Crippen LogP contribution in [0.2, 0.25) is 0 Å². The summed E-state index contributed by atoms with van der Waals surface area (Å²) in [4.78, 5) is 16.4. The highest BCUT2D eigenvalue weighted by Crippen LogP contribution is 2.28. The summed E-state index contributed by atoms with van der Waals surface area (Å²) in [5.41, 5.74) is 3.72. The molecule has 0 saturated carbocycles. The van der Waals surface area contributed by atoms with Gasteiger partial charge in [0, 0.05) is 25.8 Å². The molecule has 0 N–H and O–H groups in total. The van der Waals surface area contributed by atoms with Crippen molar-refractivity contribution in [3.8, 4) is 0 Å². The molecule has 1 aliphatic rings. The maximum atomic E-state index is 12.6. The Balaban J connectivity index is 1.47. The van der Waals surface area contributed by atoms with Gasteiger partial charge in [-0.05, 0) is 42.9 Å². The molecular formula is C20H24N2O. The molecule has 2 aromatic rings. The summed E-state index contributed by atoms with van der Waals surface area (Å²) < 4.78 is 0. The highest BCUT2D eigenvalue weighted by atomic mass is 16.2. The first kappa shape index (κ1) is 15.6. The Morgan fingerprint density at radius 1 is 1.04 bits per heavy atom. The number of benzene rings is 2. The second-order valence-corrected chi connectivity index (χ2v) is 6.18. The molecule has 0 spiro atoms. The molecule has 2 aromatic carbocycles. The number of urea groups is 1. The lowest BCUT2D eigenvalue weighted by Gasteiger charge is -2.25. The van der Waals surface area contributed by atoms with Crippen molar-refractivity contribution in [2.45, 2.75) is 25.7 Å². The summed E-state index contributed by atoms with van der Waals surface area (Å²) >= 11 is 0. The lowest BCUT2D eigenvalue weighted by Crippen LogP contribution is -2.40. The van der Waals surface area contributed by atoms with Gasteiger partial charge in [0.1, 0.15) is 0 Å². The van der Waals surface area contributed by atoms with Crippen LogP contribution in [-0.4, -0.2) is 31.1 Å². The first-order chi connectivity index (χ1) is 11.3. The van der Waals surface area contributed by atoms with E-state index >= 15 is 0 Å². The Hall–Kier alpha value is -2.29. The number of aryl methyl sites for hydroxylation is 1. The quantitative estimate of drug-likeness (QED) is 0.762. The number of hydrogen-bond acceptors (Lipinski definition) is 1. The van der Waals surface area contributed by atoms with Crippen molar-refractivity contribution in [1.29, 1.82) is 0 Å². The number of para-hydroxylation sites is 1.